The van der Waals surface area contributed by atoms with Crippen LogP contribution in [0.15, 0.2) is 35.4 Å². The average Bonchev–Trinajstić information content (AvgIpc) is 2.92. The highest BCUT2D eigenvalue weighted by molar-refractivity contribution is 7.16. The van der Waals surface area contributed by atoms with Crippen molar-refractivity contribution >= 4 is 39.1 Å². The molecule has 26 heavy (non-hydrogen) atoms. The third-order valence-corrected chi connectivity index (χ3v) is 5.02. The molecule has 9 heteroatoms. The van der Waals surface area contributed by atoms with Crippen molar-refractivity contribution in [1.82, 2.24) is 14.5 Å². The smallest absolute Gasteiger partial charge is 0.308 e. The highest BCUT2D eigenvalue weighted by Crippen LogP contribution is 2.34. The number of ether oxygens (including phenoxy) is 1. The quantitative estimate of drug-likeness (QED) is 0.660. The number of aliphatic carboxylic acids is 1. The molecule has 0 saturated carbocycles. The number of aryl methyl sites for hydroxylation is 1. The molecule has 1 N–H and O–H groups in total. The molecule has 1 atom stereocenters. The maximum Gasteiger partial charge on any atom is 0.308 e. The molecule has 1 aromatic carbocycles. The van der Waals surface area contributed by atoms with E-state index in [1.165, 1.54) is 4.57 Å². The lowest BCUT2D eigenvalue weighted by Gasteiger charge is -2.17. The van der Waals surface area contributed by atoms with E-state index >= 15 is 0 Å². The number of carboxylic acids is 1. The molecule has 0 aliphatic heterocycles. The van der Waals surface area contributed by atoms with Gasteiger partial charge in [0, 0.05) is 25.0 Å². The van der Waals surface area contributed by atoms with Crippen molar-refractivity contribution in [2.75, 3.05) is 0 Å². The summed E-state index contributed by atoms with van der Waals surface area (Å²) in [5, 5.41) is 9.18. The van der Waals surface area contributed by atoms with Crippen molar-refractivity contribution in [1.29, 1.82) is 0 Å². The largest absolute Gasteiger partial charge is 0.481 e. The molecule has 2 heterocycles. The lowest BCUT2D eigenvalue weighted by Crippen LogP contribution is -2.15. The first-order valence-corrected chi connectivity index (χ1v) is 9.17. The van der Waals surface area contributed by atoms with Crippen LogP contribution in [0.1, 0.15) is 31.7 Å². The van der Waals surface area contributed by atoms with Crippen LogP contribution >= 0.6 is 22.9 Å². The Labute approximate surface area is 157 Å². The number of benzene rings is 1. The fourth-order valence-corrected chi connectivity index (χ4v) is 3.65. The van der Waals surface area contributed by atoms with Crippen LogP contribution in [0.4, 0.5) is 0 Å². The van der Waals surface area contributed by atoms with Gasteiger partial charge in [-0.3, -0.25) is 14.2 Å². The SMILES string of the molecule is CC[C@@H](Oc1cc2sc(=O)n(CCC(=O)O)c2cc1Cl)c1ncccn1. The second-order valence-electron chi connectivity index (χ2n) is 5.54. The molecule has 0 bridgehead atoms. The average molecular weight is 394 g/mol. The van der Waals surface area contributed by atoms with Gasteiger partial charge in [0.15, 0.2) is 11.9 Å². The van der Waals surface area contributed by atoms with Gasteiger partial charge in [-0.25, -0.2) is 9.97 Å². The Morgan fingerprint density at radius 1 is 1.38 bits per heavy atom. The van der Waals surface area contributed by atoms with Crippen LogP contribution < -0.4 is 9.61 Å². The molecule has 0 unspecified atom stereocenters. The summed E-state index contributed by atoms with van der Waals surface area (Å²) in [6.07, 6.45) is 3.44. The summed E-state index contributed by atoms with van der Waals surface area (Å²) in [6.45, 7) is 2.05. The van der Waals surface area contributed by atoms with E-state index in [0.717, 1.165) is 11.3 Å². The van der Waals surface area contributed by atoms with E-state index in [9.17, 15) is 9.59 Å². The Morgan fingerprint density at radius 2 is 2.12 bits per heavy atom. The summed E-state index contributed by atoms with van der Waals surface area (Å²) in [7, 11) is 0. The molecule has 3 aromatic rings. The first-order chi connectivity index (χ1) is 12.5. The molecule has 0 saturated heterocycles. The highest BCUT2D eigenvalue weighted by Gasteiger charge is 2.18. The summed E-state index contributed by atoms with van der Waals surface area (Å²) in [5.74, 6) is 0.0273. The van der Waals surface area contributed by atoms with E-state index in [1.807, 2.05) is 6.92 Å². The van der Waals surface area contributed by atoms with Crippen molar-refractivity contribution in [2.24, 2.45) is 0 Å². The number of halogens is 1. The highest BCUT2D eigenvalue weighted by atomic mass is 35.5. The zero-order valence-electron chi connectivity index (χ0n) is 13.9. The molecule has 0 fully saturated rings. The maximum absolute atomic E-state index is 12.2. The van der Waals surface area contributed by atoms with Gasteiger partial charge in [0.25, 0.3) is 0 Å². The number of rotatable bonds is 7. The number of fused-ring (bicyclic) bond motifs is 1. The Morgan fingerprint density at radius 3 is 2.77 bits per heavy atom. The molecule has 7 nitrogen and oxygen atoms in total. The normalized spacial score (nSPS) is 12.2. The minimum Gasteiger partial charge on any atom is -0.481 e. The third kappa shape index (κ3) is 3.86. The van der Waals surface area contributed by atoms with E-state index in [2.05, 4.69) is 9.97 Å². The van der Waals surface area contributed by atoms with Crippen LogP contribution in [0.25, 0.3) is 10.2 Å². The number of carboxylic acid groups (broad SMARTS) is 1. The molecule has 2 aromatic heterocycles. The Hall–Kier alpha value is -2.45. The standard InChI is InChI=1S/C17H16ClN3O4S/c1-2-12(16-19-5-3-6-20-16)25-13-9-14-11(8-10(13)18)21(17(24)26-14)7-4-15(22)23/h3,5-6,8-9,12H,2,4,7H2,1H3,(H,22,23)/t12-/m1/s1. The van der Waals surface area contributed by atoms with Gasteiger partial charge in [-0.1, -0.05) is 29.9 Å². The predicted molar refractivity (Wildman–Crippen MR) is 99.0 cm³/mol. The molecule has 0 spiro atoms. The van der Waals surface area contributed by atoms with Crippen LogP contribution in [-0.2, 0) is 11.3 Å². The lowest BCUT2D eigenvalue weighted by molar-refractivity contribution is -0.137. The number of carbonyl (C=O) groups is 1. The summed E-state index contributed by atoms with van der Waals surface area (Å²) in [5.41, 5.74) is 0.600. The minimum atomic E-state index is -0.962. The van der Waals surface area contributed by atoms with E-state index in [-0.39, 0.29) is 23.9 Å². The zero-order valence-corrected chi connectivity index (χ0v) is 15.5. The summed E-state index contributed by atoms with van der Waals surface area (Å²) in [6, 6.07) is 5.06. The van der Waals surface area contributed by atoms with E-state index in [4.69, 9.17) is 21.4 Å². The van der Waals surface area contributed by atoms with Crippen LogP contribution in [0.5, 0.6) is 5.75 Å². The predicted octanol–water partition coefficient (Wildman–Crippen LogP) is 3.51. The summed E-state index contributed by atoms with van der Waals surface area (Å²) >= 11 is 7.37. The molecular weight excluding hydrogens is 378 g/mol. The first kappa shape index (κ1) is 18.3. The van der Waals surface area contributed by atoms with Crippen molar-refractivity contribution in [3.63, 3.8) is 0 Å². The summed E-state index contributed by atoms with van der Waals surface area (Å²) < 4.78 is 8.08. The van der Waals surface area contributed by atoms with Crippen molar-refractivity contribution in [3.05, 3.63) is 51.1 Å². The second-order valence-corrected chi connectivity index (χ2v) is 6.94. The van der Waals surface area contributed by atoms with Gasteiger partial charge >= 0.3 is 10.8 Å². The first-order valence-electron chi connectivity index (χ1n) is 7.97. The van der Waals surface area contributed by atoms with Crippen LogP contribution in [0, 0.1) is 0 Å². The number of hydrogen-bond donors (Lipinski definition) is 1. The molecular formula is C17H16ClN3O4S. The van der Waals surface area contributed by atoms with Gasteiger partial charge in [-0.05, 0) is 18.6 Å². The summed E-state index contributed by atoms with van der Waals surface area (Å²) in [4.78, 5) is 31.1. The van der Waals surface area contributed by atoms with E-state index in [1.54, 1.807) is 30.6 Å². The van der Waals surface area contributed by atoms with Gasteiger partial charge in [-0.15, -0.1) is 0 Å². The number of nitrogens with zero attached hydrogens (tertiary/aromatic N) is 3. The molecule has 0 aliphatic carbocycles. The second kappa shape index (κ2) is 7.84. The van der Waals surface area contributed by atoms with Crippen LogP contribution in [0.2, 0.25) is 5.02 Å². The van der Waals surface area contributed by atoms with Crippen molar-refractivity contribution in [3.8, 4) is 5.75 Å². The van der Waals surface area contributed by atoms with Crippen LogP contribution in [0.3, 0.4) is 0 Å². The van der Waals surface area contributed by atoms with E-state index < -0.39 is 5.97 Å². The molecule has 3 rings (SSSR count). The lowest BCUT2D eigenvalue weighted by atomic mass is 10.2. The Bertz CT molecular complexity index is 987. The number of hydrogen-bond acceptors (Lipinski definition) is 6. The zero-order chi connectivity index (χ0) is 18.7. The Kier molecular flexibility index (Phi) is 5.53. The fraction of sp³-hybridized carbons (Fsp3) is 0.294. The van der Waals surface area contributed by atoms with Gasteiger partial charge in [-0.2, -0.15) is 0 Å². The molecule has 0 amide bonds. The van der Waals surface area contributed by atoms with Crippen molar-refractivity contribution in [2.45, 2.75) is 32.4 Å². The molecule has 0 aliphatic rings. The monoisotopic (exact) mass is 393 g/mol. The molecule has 0 radical (unpaired) electrons. The Balaban J connectivity index is 1.94. The third-order valence-electron chi connectivity index (χ3n) is 3.78. The number of aromatic nitrogens is 3. The van der Waals surface area contributed by atoms with Crippen LogP contribution in [-0.4, -0.2) is 25.6 Å². The molecule has 136 valence electrons. The van der Waals surface area contributed by atoms with Gasteiger partial charge in [0.1, 0.15) is 5.75 Å². The van der Waals surface area contributed by atoms with Gasteiger partial charge < -0.3 is 9.84 Å². The maximum atomic E-state index is 12.2. The topological polar surface area (TPSA) is 94.3 Å². The van der Waals surface area contributed by atoms with Gasteiger partial charge in [0.2, 0.25) is 0 Å². The number of thiazole rings is 1. The fourth-order valence-electron chi connectivity index (χ4n) is 2.52. The van der Waals surface area contributed by atoms with E-state index in [0.29, 0.717) is 33.2 Å². The van der Waals surface area contributed by atoms with Gasteiger partial charge in [0.05, 0.1) is 21.7 Å². The van der Waals surface area contributed by atoms with Crippen molar-refractivity contribution < 1.29 is 14.6 Å². The minimum absolute atomic E-state index is 0.0974.